The summed E-state index contributed by atoms with van der Waals surface area (Å²) in [5, 5.41) is 10.3. The molecule has 3 fully saturated rings. The van der Waals surface area contributed by atoms with Crippen molar-refractivity contribution in [3.05, 3.63) is 23.4 Å². The van der Waals surface area contributed by atoms with Crippen LogP contribution in [0.5, 0.6) is 0 Å². The van der Waals surface area contributed by atoms with Gasteiger partial charge in [-0.25, -0.2) is 4.98 Å². The first kappa shape index (κ1) is 18.1. The van der Waals surface area contributed by atoms with Gasteiger partial charge in [0.05, 0.1) is 19.2 Å². The van der Waals surface area contributed by atoms with Crippen LogP contribution in [-0.2, 0) is 14.3 Å². The van der Waals surface area contributed by atoms with E-state index < -0.39 is 0 Å². The predicted molar refractivity (Wildman–Crippen MR) is 108 cm³/mol. The lowest BCUT2D eigenvalue weighted by molar-refractivity contribution is -0.124. The highest BCUT2D eigenvalue weighted by molar-refractivity contribution is 6.15. The van der Waals surface area contributed by atoms with Gasteiger partial charge in [0.1, 0.15) is 11.6 Å². The van der Waals surface area contributed by atoms with Crippen LogP contribution in [0.1, 0.15) is 31.2 Å². The van der Waals surface area contributed by atoms with Crippen molar-refractivity contribution in [1.29, 1.82) is 0 Å². The summed E-state index contributed by atoms with van der Waals surface area (Å²) < 4.78 is 7.36. The number of carbonyl (C=O) groups excluding carboxylic acids is 2. The molecule has 0 aromatic carbocycles. The highest BCUT2D eigenvalue weighted by Gasteiger charge is 2.25. The molecule has 29 heavy (non-hydrogen) atoms. The summed E-state index contributed by atoms with van der Waals surface area (Å²) in [4.78, 5) is 30.6. The molecule has 2 amide bonds. The summed E-state index contributed by atoms with van der Waals surface area (Å²) in [5.41, 5.74) is 1.84. The molecule has 0 radical (unpaired) electrons. The van der Waals surface area contributed by atoms with Crippen molar-refractivity contribution >= 4 is 35.2 Å². The molecule has 2 aromatic heterocycles. The topological polar surface area (TPSA) is 101 Å². The van der Waals surface area contributed by atoms with Gasteiger partial charge in [0.25, 0.3) is 5.91 Å². The number of carbonyl (C=O) groups is 2. The maximum Gasteiger partial charge on any atom is 0.254 e. The highest BCUT2D eigenvalue weighted by Crippen LogP contribution is 2.30. The average Bonchev–Trinajstić information content (AvgIpc) is 3.44. The van der Waals surface area contributed by atoms with Gasteiger partial charge in [-0.2, -0.15) is 9.61 Å². The SMILES string of the molecule is O=C1CC(=Cc2cnn3c(NCC4CC4)cc(N4CCCOCC4)nc23)C(=O)N1. The molecule has 3 aliphatic rings. The maximum absolute atomic E-state index is 12.0. The van der Waals surface area contributed by atoms with Gasteiger partial charge in [-0.1, -0.05) is 0 Å². The summed E-state index contributed by atoms with van der Waals surface area (Å²) in [6, 6.07) is 2.04. The molecule has 0 spiro atoms. The summed E-state index contributed by atoms with van der Waals surface area (Å²) in [5.74, 6) is 1.86. The monoisotopic (exact) mass is 396 g/mol. The van der Waals surface area contributed by atoms with Crippen molar-refractivity contribution in [3.63, 3.8) is 0 Å². The average molecular weight is 396 g/mol. The van der Waals surface area contributed by atoms with Crippen LogP contribution < -0.4 is 15.5 Å². The number of nitrogens with one attached hydrogen (secondary N) is 2. The zero-order valence-electron chi connectivity index (χ0n) is 16.2. The Morgan fingerprint density at radius 1 is 1.28 bits per heavy atom. The third-order valence-electron chi connectivity index (χ3n) is 5.53. The van der Waals surface area contributed by atoms with Crippen molar-refractivity contribution < 1.29 is 14.3 Å². The fraction of sp³-hybridized carbons (Fsp3) is 0.500. The fourth-order valence-electron chi connectivity index (χ4n) is 3.71. The number of aromatic nitrogens is 3. The molecular formula is C20H24N6O3. The number of imide groups is 1. The van der Waals surface area contributed by atoms with Crippen LogP contribution in [0.15, 0.2) is 17.8 Å². The Morgan fingerprint density at radius 2 is 2.17 bits per heavy atom. The van der Waals surface area contributed by atoms with E-state index in [0.717, 1.165) is 55.8 Å². The number of hydrogen-bond acceptors (Lipinski definition) is 7. The van der Waals surface area contributed by atoms with E-state index in [1.807, 2.05) is 6.07 Å². The van der Waals surface area contributed by atoms with Crippen LogP contribution in [-0.4, -0.2) is 59.3 Å². The number of amides is 2. The van der Waals surface area contributed by atoms with Crippen molar-refractivity contribution in [1.82, 2.24) is 19.9 Å². The van der Waals surface area contributed by atoms with Gasteiger partial charge in [-0.3, -0.25) is 14.9 Å². The minimum absolute atomic E-state index is 0.0894. The molecule has 2 N–H and O–H groups in total. The molecule has 2 aliphatic heterocycles. The van der Waals surface area contributed by atoms with Crippen molar-refractivity contribution in [2.24, 2.45) is 5.92 Å². The smallest absolute Gasteiger partial charge is 0.254 e. The second-order valence-electron chi connectivity index (χ2n) is 7.84. The molecule has 2 aromatic rings. The minimum atomic E-state index is -0.345. The van der Waals surface area contributed by atoms with Crippen LogP contribution in [0.3, 0.4) is 0 Å². The van der Waals surface area contributed by atoms with Crippen molar-refractivity contribution in [2.75, 3.05) is 43.1 Å². The van der Waals surface area contributed by atoms with Gasteiger partial charge in [0.15, 0.2) is 5.65 Å². The maximum atomic E-state index is 12.0. The third-order valence-corrected chi connectivity index (χ3v) is 5.53. The molecule has 1 aliphatic carbocycles. The first-order valence-electron chi connectivity index (χ1n) is 10.2. The molecule has 0 bridgehead atoms. The van der Waals surface area contributed by atoms with Crippen LogP contribution >= 0.6 is 0 Å². The van der Waals surface area contributed by atoms with Gasteiger partial charge < -0.3 is 15.0 Å². The molecule has 5 rings (SSSR count). The van der Waals surface area contributed by atoms with Crippen LogP contribution in [0, 0.1) is 5.92 Å². The summed E-state index contributed by atoms with van der Waals surface area (Å²) in [6.07, 6.45) is 6.98. The second kappa shape index (κ2) is 7.47. The van der Waals surface area contributed by atoms with Gasteiger partial charge in [0, 0.05) is 43.4 Å². The summed E-state index contributed by atoms with van der Waals surface area (Å²) >= 11 is 0. The first-order valence-corrected chi connectivity index (χ1v) is 10.2. The van der Waals surface area contributed by atoms with Crippen LogP contribution in [0.4, 0.5) is 11.6 Å². The predicted octanol–water partition coefficient (Wildman–Crippen LogP) is 1.21. The quantitative estimate of drug-likeness (QED) is 0.579. The molecule has 0 unspecified atom stereocenters. The second-order valence-corrected chi connectivity index (χ2v) is 7.84. The number of fused-ring (bicyclic) bond motifs is 1. The number of nitrogens with zero attached hydrogens (tertiary/aromatic N) is 4. The van der Waals surface area contributed by atoms with Crippen LogP contribution in [0.2, 0.25) is 0 Å². The minimum Gasteiger partial charge on any atom is -0.380 e. The van der Waals surface area contributed by atoms with E-state index in [4.69, 9.17) is 9.72 Å². The molecule has 1 saturated carbocycles. The van der Waals surface area contributed by atoms with Gasteiger partial charge in [0.2, 0.25) is 5.91 Å². The molecule has 152 valence electrons. The Bertz CT molecular complexity index is 986. The van der Waals surface area contributed by atoms with E-state index in [1.165, 1.54) is 12.8 Å². The Hall–Kier alpha value is -2.94. The van der Waals surface area contributed by atoms with Crippen LogP contribution in [0.25, 0.3) is 11.7 Å². The zero-order chi connectivity index (χ0) is 19.8. The molecule has 0 atom stereocenters. The number of rotatable bonds is 5. The normalized spacial score (nSPS) is 21.7. The van der Waals surface area contributed by atoms with E-state index in [-0.39, 0.29) is 18.2 Å². The zero-order valence-corrected chi connectivity index (χ0v) is 16.2. The Labute approximate surface area is 168 Å². The van der Waals surface area contributed by atoms with Crippen molar-refractivity contribution in [3.8, 4) is 0 Å². The number of anilines is 2. The Kier molecular flexibility index (Phi) is 4.67. The summed E-state index contributed by atoms with van der Waals surface area (Å²) in [7, 11) is 0. The van der Waals surface area contributed by atoms with E-state index >= 15 is 0 Å². The lowest BCUT2D eigenvalue weighted by Gasteiger charge is -2.22. The van der Waals surface area contributed by atoms with E-state index in [9.17, 15) is 9.59 Å². The van der Waals surface area contributed by atoms with Gasteiger partial charge >= 0.3 is 0 Å². The highest BCUT2D eigenvalue weighted by atomic mass is 16.5. The Morgan fingerprint density at radius 3 is 2.97 bits per heavy atom. The van der Waals surface area contributed by atoms with E-state index in [0.29, 0.717) is 17.8 Å². The molecule has 4 heterocycles. The Balaban J connectivity index is 1.55. The van der Waals surface area contributed by atoms with Crippen molar-refractivity contribution in [2.45, 2.75) is 25.7 Å². The standard InChI is InChI=1S/C20H24N6O3/c27-18-9-14(20(28)24-18)8-15-12-22-26-16(21-11-13-2-3-13)10-17(23-19(15)26)25-4-1-6-29-7-5-25/h8,10,12-13,21H,1-7,9,11H2,(H,24,27,28). The molecule has 9 nitrogen and oxygen atoms in total. The van der Waals surface area contributed by atoms with Gasteiger partial charge in [-0.05, 0) is 31.3 Å². The largest absolute Gasteiger partial charge is 0.380 e. The lowest BCUT2D eigenvalue weighted by atomic mass is 10.1. The molecule has 2 saturated heterocycles. The number of hydrogen-bond donors (Lipinski definition) is 2. The summed E-state index contributed by atoms with van der Waals surface area (Å²) in [6.45, 7) is 4.02. The third kappa shape index (κ3) is 3.82. The lowest BCUT2D eigenvalue weighted by Crippen LogP contribution is -2.27. The van der Waals surface area contributed by atoms with E-state index in [2.05, 4.69) is 20.6 Å². The first-order chi connectivity index (χ1) is 14.2. The fourth-order valence-corrected chi connectivity index (χ4v) is 3.71. The van der Waals surface area contributed by atoms with Gasteiger partial charge in [-0.15, -0.1) is 0 Å². The molecule has 9 heteroatoms. The van der Waals surface area contributed by atoms with E-state index in [1.54, 1.807) is 16.8 Å². The number of ether oxygens (including phenoxy) is 1. The molecular weight excluding hydrogens is 372 g/mol.